The fourth-order valence-corrected chi connectivity index (χ4v) is 3.52. The number of ether oxygens (including phenoxy) is 3. The molecule has 0 unspecified atom stereocenters. The molecule has 0 aliphatic carbocycles. The van der Waals surface area contributed by atoms with E-state index in [1.165, 1.54) is 25.3 Å². The maximum Gasteiger partial charge on any atom is 0.337 e. The number of nitriles is 1. The van der Waals surface area contributed by atoms with E-state index in [0.717, 1.165) is 5.56 Å². The number of methoxy groups -OCH3 is 1. The van der Waals surface area contributed by atoms with Gasteiger partial charge in [-0.3, -0.25) is 4.79 Å². The SMILES string of the molecule is CCOc1cc(/C=C(\C#N)C(=O)Nc2ccc(C(=O)OC)cc2)c(Br)cc1OCc1ccccc1. The molecule has 3 rings (SSSR count). The smallest absolute Gasteiger partial charge is 0.337 e. The Kier molecular flexibility index (Phi) is 9.04. The molecular formula is C27H23BrN2O5. The lowest BCUT2D eigenvalue weighted by atomic mass is 10.1. The molecule has 0 radical (unpaired) electrons. The van der Waals surface area contributed by atoms with Gasteiger partial charge in [-0.2, -0.15) is 5.26 Å². The minimum Gasteiger partial charge on any atom is -0.490 e. The Morgan fingerprint density at radius 1 is 1.03 bits per heavy atom. The Morgan fingerprint density at radius 3 is 2.34 bits per heavy atom. The van der Waals surface area contributed by atoms with Crippen molar-refractivity contribution in [1.29, 1.82) is 5.26 Å². The van der Waals surface area contributed by atoms with E-state index in [0.29, 0.717) is 46.0 Å². The molecule has 3 aromatic rings. The number of carbonyl (C=O) groups excluding carboxylic acids is 2. The first-order valence-corrected chi connectivity index (χ1v) is 11.5. The number of hydrogen-bond acceptors (Lipinski definition) is 6. The first kappa shape index (κ1) is 25.5. The normalized spacial score (nSPS) is 10.7. The Labute approximate surface area is 212 Å². The van der Waals surface area contributed by atoms with Crippen LogP contribution in [0.4, 0.5) is 5.69 Å². The highest BCUT2D eigenvalue weighted by Gasteiger charge is 2.15. The monoisotopic (exact) mass is 534 g/mol. The van der Waals surface area contributed by atoms with Crippen LogP contribution >= 0.6 is 15.9 Å². The van der Waals surface area contributed by atoms with Gasteiger partial charge in [-0.1, -0.05) is 46.3 Å². The highest BCUT2D eigenvalue weighted by Crippen LogP contribution is 2.35. The number of carbonyl (C=O) groups is 2. The molecule has 0 saturated carbocycles. The zero-order valence-electron chi connectivity index (χ0n) is 19.2. The van der Waals surface area contributed by atoms with Gasteiger partial charge < -0.3 is 19.5 Å². The van der Waals surface area contributed by atoms with Crippen molar-refractivity contribution in [2.45, 2.75) is 13.5 Å². The third kappa shape index (κ3) is 6.95. The van der Waals surface area contributed by atoms with Crippen LogP contribution in [0.5, 0.6) is 11.5 Å². The molecule has 1 amide bonds. The zero-order chi connectivity index (χ0) is 25.2. The van der Waals surface area contributed by atoms with E-state index in [4.69, 9.17) is 9.47 Å². The molecule has 7 nitrogen and oxygen atoms in total. The van der Waals surface area contributed by atoms with E-state index in [1.54, 1.807) is 24.3 Å². The number of benzene rings is 3. The number of amides is 1. The van der Waals surface area contributed by atoms with Crippen LogP contribution in [0.3, 0.4) is 0 Å². The van der Waals surface area contributed by atoms with Crippen LogP contribution in [0.15, 0.2) is 76.8 Å². The van der Waals surface area contributed by atoms with Crippen LogP contribution in [0, 0.1) is 11.3 Å². The van der Waals surface area contributed by atoms with E-state index >= 15 is 0 Å². The number of anilines is 1. The standard InChI is InChI=1S/C27H23BrN2O5/c1-3-34-24-14-20(23(28)15-25(24)35-17-18-7-5-4-6-8-18)13-21(16-29)26(31)30-22-11-9-19(10-12-22)27(32)33-2/h4-15H,3,17H2,1-2H3,(H,30,31)/b21-13+. The molecule has 0 aromatic heterocycles. The van der Waals surface area contributed by atoms with Gasteiger partial charge in [-0.15, -0.1) is 0 Å². The molecule has 0 aliphatic heterocycles. The molecule has 0 saturated heterocycles. The van der Waals surface area contributed by atoms with Crippen molar-refractivity contribution in [1.82, 2.24) is 0 Å². The topological polar surface area (TPSA) is 97.7 Å². The van der Waals surface area contributed by atoms with Gasteiger partial charge in [0.2, 0.25) is 0 Å². The number of hydrogen-bond donors (Lipinski definition) is 1. The molecule has 0 bridgehead atoms. The molecule has 8 heteroatoms. The summed E-state index contributed by atoms with van der Waals surface area (Å²) in [5, 5.41) is 12.3. The predicted octanol–water partition coefficient (Wildman–Crippen LogP) is 5.76. The van der Waals surface area contributed by atoms with Crippen molar-refractivity contribution >= 4 is 39.6 Å². The van der Waals surface area contributed by atoms with Gasteiger partial charge in [0.1, 0.15) is 18.2 Å². The molecule has 35 heavy (non-hydrogen) atoms. The van der Waals surface area contributed by atoms with Crippen molar-refractivity contribution in [3.8, 4) is 17.6 Å². The van der Waals surface area contributed by atoms with Crippen LogP contribution < -0.4 is 14.8 Å². The first-order chi connectivity index (χ1) is 16.9. The second-order valence-corrected chi connectivity index (χ2v) is 8.07. The number of halogens is 1. The van der Waals surface area contributed by atoms with Gasteiger partial charge in [-0.05, 0) is 60.5 Å². The summed E-state index contributed by atoms with van der Waals surface area (Å²) >= 11 is 3.50. The van der Waals surface area contributed by atoms with Gasteiger partial charge in [0.15, 0.2) is 11.5 Å². The molecule has 0 heterocycles. The van der Waals surface area contributed by atoms with E-state index in [2.05, 4.69) is 26.0 Å². The maximum atomic E-state index is 12.7. The summed E-state index contributed by atoms with van der Waals surface area (Å²) in [4.78, 5) is 24.3. The number of nitrogens with one attached hydrogen (secondary N) is 1. The Bertz CT molecular complexity index is 1270. The lowest BCUT2D eigenvalue weighted by Crippen LogP contribution is -2.13. The van der Waals surface area contributed by atoms with Crippen LogP contribution in [-0.2, 0) is 16.1 Å². The van der Waals surface area contributed by atoms with Crippen LogP contribution in [0.1, 0.15) is 28.4 Å². The second kappa shape index (κ2) is 12.4. The molecule has 3 aromatic carbocycles. The van der Waals surface area contributed by atoms with Crippen molar-refractivity contribution < 1.29 is 23.8 Å². The zero-order valence-corrected chi connectivity index (χ0v) is 20.8. The van der Waals surface area contributed by atoms with Gasteiger partial charge in [0.25, 0.3) is 5.91 Å². The van der Waals surface area contributed by atoms with E-state index in [9.17, 15) is 14.9 Å². The van der Waals surface area contributed by atoms with Crippen molar-refractivity contribution in [3.05, 3.63) is 93.5 Å². The van der Waals surface area contributed by atoms with Gasteiger partial charge >= 0.3 is 5.97 Å². The van der Waals surface area contributed by atoms with Crippen molar-refractivity contribution in [2.24, 2.45) is 0 Å². The third-order valence-corrected chi connectivity index (χ3v) is 5.52. The lowest BCUT2D eigenvalue weighted by molar-refractivity contribution is -0.112. The fraction of sp³-hybridized carbons (Fsp3) is 0.148. The van der Waals surface area contributed by atoms with E-state index in [-0.39, 0.29) is 5.57 Å². The Balaban J connectivity index is 1.81. The summed E-state index contributed by atoms with van der Waals surface area (Å²) in [5.41, 5.74) is 2.26. The molecule has 0 fully saturated rings. The third-order valence-electron chi connectivity index (χ3n) is 4.83. The number of rotatable bonds is 9. The first-order valence-electron chi connectivity index (χ1n) is 10.7. The molecule has 0 aliphatic rings. The van der Waals surface area contributed by atoms with Crippen LogP contribution in [0.2, 0.25) is 0 Å². The lowest BCUT2D eigenvalue weighted by Gasteiger charge is -2.14. The Hall–Kier alpha value is -4.09. The minimum atomic E-state index is -0.590. The second-order valence-electron chi connectivity index (χ2n) is 7.22. The summed E-state index contributed by atoms with van der Waals surface area (Å²) in [6, 6.07) is 21.3. The van der Waals surface area contributed by atoms with E-state index < -0.39 is 11.9 Å². The van der Waals surface area contributed by atoms with Gasteiger partial charge in [-0.25, -0.2) is 4.79 Å². The largest absolute Gasteiger partial charge is 0.490 e. The molecule has 0 spiro atoms. The predicted molar refractivity (Wildman–Crippen MR) is 136 cm³/mol. The van der Waals surface area contributed by atoms with Crippen molar-refractivity contribution in [3.63, 3.8) is 0 Å². The molecule has 0 atom stereocenters. The average molecular weight is 535 g/mol. The Morgan fingerprint density at radius 2 is 1.71 bits per heavy atom. The summed E-state index contributed by atoms with van der Waals surface area (Å²) < 4.78 is 17.0. The summed E-state index contributed by atoms with van der Waals surface area (Å²) in [6.07, 6.45) is 1.46. The summed E-state index contributed by atoms with van der Waals surface area (Å²) in [6.45, 7) is 2.64. The fourth-order valence-electron chi connectivity index (χ4n) is 3.09. The van der Waals surface area contributed by atoms with Crippen LogP contribution in [0.25, 0.3) is 6.08 Å². The number of esters is 1. The average Bonchev–Trinajstić information content (AvgIpc) is 2.88. The van der Waals surface area contributed by atoms with Gasteiger partial charge in [0.05, 0.1) is 19.3 Å². The summed E-state index contributed by atoms with van der Waals surface area (Å²) in [7, 11) is 1.29. The van der Waals surface area contributed by atoms with Crippen LogP contribution in [-0.4, -0.2) is 25.6 Å². The minimum absolute atomic E-state index is 0.108. The molecule has 178 valence electrons. The maximum absolute atomic E-state index is 12.7. The highest BCUT2D eigenvalue weighted by molar-refractivity contribution is 9.10. The molecular weight excluding hydrogens is 512 g/mol. The summed E-state index contributed by atoms with van der Waals surface area (Å²) in [5.74, 6) is -0.0402. The number of nitrogens with zero attached hydrogens (tertiary/aromatic N) is 1. The quantitative estimate of drug-likeness (QED) is 0.213. The highest BCUT2D eigenvalue weighted by atomic mass is 79.9. The molecule has 1 N–H and O–H groups in total. The van der Waals surface area contributed by atoms with Gasteiger partial charge in [0, 0.05) is 10.2 Å². The van der Waals surface area contributed by atoms with Crippen molar-refractivity contribution in [2.75, 3.05) is 19.0 Å². The van der Waals surface area contributed by atoms with E-state index in [1.807, 2.05) is 43.3 Å².